The van der Waals surface area contributed by atoms with E-state index in [0.717, 1.165) is 22.0 Å². The molecular weight excluding hydrogens is 394 g/mol. The van der Waals surface area contributed by atoms with Gasteiger partial charge in [0.2, 0.25) is 0 Å². The van der Waals surface area contributed by atoms with Crippen molar-refractivity contribution < 1.29 is 18.9 Å². The number of rotatable bonds is 7. The highest BCUT2D eigenvalue weighted by Crippen LogP contribution is 2.41. The Labute approximate surface area is 180 Å². The van der Waals surface area contributed by atoms with Crippen molar-refractivity contribution in [2.75, 3.05) is 33.8 Å². The van der Waals surface area contributed by atoms with Crippen LogP contribution in [0, 0.1) is 0 Å². The van der Waals surface area contributed by atoms with E-state index in [9.17, 15) is 0 Å². The van der Waals surface area contributed by atoms with Crippen LogP contribution < -0.4 is 24.3 Å². The minimum atomic E-state index is 0.594. The number of hydrogen-bond donors (Lipinski definition) is 1. The molecule has 0 fully saturated rings. The maximum atomic E-state index is 5.67. The molecule has 7 nitrogen and oxygen atoms in total. The lowest BCUT2D eigenvalue weighted by Gasteiger charge is -2.17. The first-order valence-corrected chi connectivity index (χ1v) is 9.63. The molecule has 0 radical (unpaired) electrons. The highest BCUT2D eigenvalue weighted by molar-refractivity contribution is 5.94. The maximum absolute atomic E-state index is 5.67. The average Bonchev–Trinajstić information content (AvgIpc) is 2.83. The second kappa shape index (κ2) is 8.79. The predicted octanol–water partition coefficient (Wildman–Crippen LogP) is 5.07. The first-order chi connectivity index (χ1) is 15.2. The summed E-state index contributed by atoms with van der Waals surface area (Å²) in [5, 5.41) is 4.14. The fraction of sp³-hybridized carbons (Fsp3) is 0.167. The van der Waals surface area contributed by atoms with Gasteiger partial charge in [0.05, 0.1) is 39.6 Å². The van der Waals surface area contributed by atoms with E-state index in [1.807, 2.05) is 54.6 Å². The Morgan fingerprint density at radius 2 is 1.35 bits per heavy atom. The molecule has 158 valence electrons. The van der Waals surface area contributed by atoms with Crippen LogP contribution in [0.4, 0.5) is 11.5 Å². The van der Waals surface area contributed by atoms with E-state index >= 15 is 0 Å². The van der Waals surface area contributed by atoms with Crippen LogP contribution >= 0.6 is 0 Å². The third-order valence-electron chi connectivity index (χ3n) is 5.00. The Bertz CT molecular complexity index is 1210. The van der Waals surface area contributed by atoms with Gasteiger partial charge < -0.3 is 24.3 Å². The van der Waals surface area contributed by atoms with Crippen molar-refractivity contribution in [3.05, 3.63) is 60.9 Å². The lowest BCUT2D eigenvalue weighted by atomic mass is 10.0. The summed E-state index contributed by atoms with van der Waals surface area (Å²) in [4.78, 5) is 8.78. The van der Waals surface area contributed by atoms with Crippen molar-refractivity contribution in [3.63, 3.8) is 0 Å². The molecule has 0 atom stereocenters. The van der Waals surface area contributed by atoms with Crippen LogP contribution in [0.2, 0.25) is 0 Å². The minimum absolute atomic E-state index is 0.594. The van der Waals surface area contributed by atoms with E-state index < -0.39 is 0 Å². The third kappa shape index (κ3) is 3.90. The summed E-state index contributed by atoms with van der Waals surface area (Å²) in [6.45, 7) is 0. The van der Waals surface area contributed by atoms with Crippen molar-refractivity contribution >= 4 is 22.4 Å². The number of anilines is 2. The molecule has 7 heteroatoms. The van der Waals surface area contributed by atoms with Crippen molar-refractivity contribution in [2.45, 2.75) is 0 Å². The predicted molar refractivity (Wildman–Crippen MR) is 121 cm³/mol. The molecule has 1 aromatic heterocycles. The highest BCUT2D eigenvalue weighted by atomic mass is 16.5. The van der Waals surface area contributed by atoms with Gasteiger partial charge in [0, 0.05) is 23.1 Å². The lowest BCUT2D eigenvalue weighted by Crippen LogP contribution is -2.01. The number of hydrogen-bond acceptors (Lipinski definition) is 7. The summed E-state index contributed by atoms with van der Waals surface area (Å²) in [5.74, 6) is 3.18. The molecule has 0 spiro atoms. The molecule has 4 rings (SSSR count). The molecule has 1 heterocycles. The standard InChI is InChI=1S/C24H23N3O4/c1-28-20-13-19(21(29-2)10-16(20)15-8-6-5-7-9-15)27-24-17-11-22(30-3)23(31-4)12-18(17)25-14-26-24/h5-14H,1-4H3,(H,25,26,27). The SMILES string of the molecule is COc1cc(-c2ccccc2)c(OC)cc1Nc1ncnc2cc(OC)c(OC)cc12. The second-order valence-electron chi connectivity index (χ2n) is 6.69. The van der Waals surface area contributed by atoms with Gasteiger partial charge in [-0.15, -0.1) is 0 Å². The molecule has 1 N–H and O–H groups in total. The van der Waals surface area contributed by atoms with Crippen LogP contribution in [0.25, 0.3) is 22.0 Å². The van der Waals surface area contributed by atoms with E-state index in [-0.39, 0.29) is 0 Å². The van der Waals surface area contributed by atoms with Gasteiger partial charge >= 0.3 is 0 Å². The molecule has 0 saturated carbocycles. The number of benzene rings is 3. The molecule has 0 aliphatic heterocycles. The fourth-order valence-corrected chi connectivity index (χ4v) is 3.45. The van der Waals surface area contributed by atoms with Crippen LogP contribution in [-0.4, -0.2) is 38.4 Å². The van der Waals surface area contributed by atoms with Crippen LogP contribution in [0.1, 0.15) is 0 Å². The smallest absolute Gasteiger partial charge is 0.162 e. The van der Waals surface area contributed by atoms with Gasteiger partial charge in [-0.2, -0.15) is 0 Å². The first kappa shape index (κ1) is 20.3. The Kier molecular flexibility index (Phi) is 5.75. The number of ether oxygens (including phenoxy) is 4. The first-order valence-electron chi connectivity index (χ1n) is 9.63. The molecule has 0 bridgehead atoms. The van der Waals surface area contributed by atoms with Crippen molar-refractivity contribution in [1.29, 1.82) is 0 Å². The number of nitrogens with zero attached hydrogens (tertiary/aromatic N) is 2. The van der Waals surface area contributed by atoms with E-state index in [2.05, 4.69) is 15.3 Å². The molecule has 4 aromatic rings. The largest absolute Gasteiger partial charge is 0.496 e. The zero-order chi connectivity index (χ0) is 21.8. The summed E-state index contributed by atoms with van der Waals surface area (Å²) >= 11 is 0. The van der Waals surface area contributed by atoms with Crippen molar-refractivity contribution in [1.82, 2.24) is 9.97 Å². The Morgan fingerprint density at radius 3 is 2.03 bits per heavy atom. The monoisotopic (exact) mass is 417 g/mol. The average molecular weight is 417 g/mol. The Morgan fingerprint density at radius 1 is 0.677 bits per heavy atom. The number of methoxy groups -OCH3 is 4. The molecular formula is C24H23N3O4. The highest BCUT2D eigenvalue weighted by Gasteiger charge is 2.16. The van der Waals surface area contributed by atoms with Gasteiger partial charge in [-0.05, 0) is 17.7 Å². The quantitative estimate of drug-likeness (QED) is 0.450. The molecule has 0 amide bonds. The maximum Gasteiger partial charge on any atom is 0.162 e. The number of nitrogens with one attached hydrogen (secondary N) is 1. The topological polar surface area (TPSA) is 74.7 Å². The fourth-order valence-electron chi connectivity index (χ4n) is 3.45. The molecule has 0 unspecified atom stereocenters. The van der Waals surface area contributed by atoms with Crippen LogP contribution in [0.5, 0.6) is 23.0 Å². The molecule has 0 saturated heterocycles. The third-order valence-corrected chi connectivity index (χ3v) is 5.00. The van der Waals surface area contributed by atoms with Crippen molar-refractivity contribution in [3.8, 4) is 34.1 Å². The van der Waals surface area contributed by atoms with Crippen molar-refractivity contribution in [2.24, 2.45) is 0 Å². The summed E-state index contributed by atoms with van der Waals surface area (Å²) in [6.07, 6.45) is 1.50. The number of aromatic nitrogens is 2. The summed E-state index contributed by atoms with van der Waals surface area (Å²) in [5.41, 5.74) is 3.41. The van der Waals surface area contributed by atoms with Crippen LogP contribution in [0.3, 0.4) is 0 Å². The van der Waals surface area contributed by atoms with Gasteiger partial charge in [-0.1, -0.05) is 30.3 Å². The molecule has 0 aliphatic rings. The minimum Gasteiger partial charge on any atom is -0.496 e. The lowest BCUT2D eigenvalue weighted by molar-refractivity contribution is 0.356. The Balaban J connectivity index is 1.81. The zero-order valence-electron chi connectivity index (χ0n) is 17.8. The van der Waals surface area contributed by atoms with E-state index in [0.29, 0.717) is 34.5 Å². The molecule has 0 aliphatic carbocycles. The van der Waals surface area contributed by atoms with Gasteiger partial charge in [0.1, 0.15) is 23.6 Å². The summed E-state index contributed by atoms with van der Waals surface area (Å²) in [7, 11) is 6.47. The molecule has 31 heavy (non-hydrogen) atoms. The second-order valence-corrected chi connectivity index (χ2v) is 6.69. The van der Waals surface area contributed by atoms with Crippen LogP contribution in [0.15, 0.2) is 60.9 Å². The summed E-state index contributed by atoms with van der Waals surface area (Å²) < 4.78 is 22.2. The van der Waals surface area contributed by atoms with E-state index in [1.54, 1.807) is 28.4 Å². The van der Waals surface area contributed by atoms with Gasteiger partial charge in [-0.25, -0.2) is 9.97 Å². The van der Waals surface area contributed by atoms with Gasteiger partial charge in [0.25, 0.3) is 0 Å². The van der Waals surface area contributed by atoms with E-state index in [1.165, 1.54) is 6.33 Å². The van der Waals surface area contributed by atoms with Gasteiger partial charge in [0.15, 0.2) is 11.5 Å². The number of fused-ring (bicyclic) bond motifs is 1. The van der Waals surface area contributed by atoms with Gasteiger partial charge in [-0.3, -0.25) is 0 Å². The molecule has 3 aromatic carbocycles. The Hall–Kier alpha value is -4.00. The van der Waals surface area contributed by atoms with E-state index in [4.69, 9.17) is 18.9 Å². The van der Waals surface area contributed by atoms with Crippen LogP contribution in [-0.2, 0) is 0 Å². The normalized spacial score (nSPS) is 10.6. The summed E-state index contributed by atoms with van der Waals surface area (Å²) in [6, 6.07) is 17.5. The zero-order valence-corrected chi connectivity index (χ0v) is 17.8.